The van der Waals surface area contributed by atoms with Gasteiger partial charge in [0.05, 0.1) is 17.6 Å². The van der Waals surface area contributed by atoms with Crippen LogP contribution in [-0.4, -0.2) is 38.9 Å². The van der Waals surface area contributed by atoms with Gasteiger partial charge in [0, 0.05) is 13.5 Å². The molecule has 1 heterocycles. The largest absolute Gasteiger partial charge is 0.458 e. The van der Waals surface area contributed by atoms with Gasteiger partial charge in [0.2, 0.25) is 0 Å². The number of nitrogens with one attached hydrogen (secondary N) is 1. The minimum atomic E-state index is -0.972. The fraction of sp³-hybridized carbons (Fsp3) is 0.524. The van der Waals surface area contributed by atoms with E-state index in [1.54, 1.807) is 53.7 Å². The van der Waals surface area contributed by atoms with Crippen molar-refractivity contribution in [1.29, 1.82) is 0 Å². The lowest BCUT2D eigenvalue weighted by atomic mass is 10.1. The third-order valence-electron chi connectivity index (χ3n) is 3.86. The Labute approximate surface area is 171 Å². The predicted molar refractivity (Wildman–Crippen MR) is 110 cm³/mol. The highest BCUT2D eigenvalue weighted by atomic mass is 16.6. The average molecular weight is 400 g/mol. The van der Waals surface area contributed by atoms with Crippen molar-refractivity contribution in [2.24, 2.45) is 7.05 Å². The Morgan fingerprint density at radius 2 is 1.79 bits per heavy atom. The zero-order chi connectivity index (χ0) is 22.0. The number of esters is 1. The number of aryl methyl sites for hydroxylation is 1. The number of carbonyl (C=O) groups is 2. The second-order valence-corrected chi connectivity index (χ2v) is 8.81. The summed E-state index contributed by atoms with van der Waals surface area (Å²) in [5, 5.41) is 2.60. The molecule has 0 aliphatic rings. The maximum Gasteiger partial charge on any atom is 0.408 e. The highest BCUT2D eigenvalue weighted by molar-refractivity contribution is 5.83. The highest BCUT2D eigenvalue weighted by Gasteiger charge is 2.30. The van der Waals surface area contributed by atoms with Gasteiger partial charge in [-0.05, 0) is 53.7 Å². The van der Waals surface area contributed by atoms with Crippen molar-refractivity contribution < 1.29 is 19.1 Å². The van der Waals surface area contributed by atoms with Crippen molar-refractivity contribution in [3.05, 3.63) is 35.4 Å². The highest BCUT2D eigenvalue weighted by Crippen LogP contribution is 2.22. The van der Waals surface area contributed by atoms with Crippen LogP contribution in [0, 0.1) is 6.57 Å². The number of fused-ring (bicyclic) bond motifs is 1. The number of ether oxygens (including phenoxy) is 2. The van der Waals surface area contributed by atoms with Gasteiger partial charge in [0.25, 0.3) is 0 Å². The monoisotopic (exact) mass is 400 g/mol. The molecule has 0 radical (unpaired) electrons. The van der Waals surface area contributed by atoms with E-state index >= 15 is 0 Å². The maximum atomic E-state index is 12.7. The van der Waals surface area contributed by atoms with E-state index in [4.69, 9.17) is 16.0 Å². The van der Waals surface area contributed by atoms with Gasteiger partial charge in [-0.15, -0.1) is 0 Å². The molecule has 29 heavy (non-hydrogen) atoms. The molecule has 0 fully saturated rings. The van der Waals surface area contributed by atoms with Gasteiger partial charge in [-0.3, -0.25) is 0 Å². The summed E-state index contributed by atoms with van der Waals surface area (Å²) < 4.78 is 12.6. The topological polar surface area (TPSA) is 86.8 Å². The lowest BCUT2D eigenvalue weighted by Gasteiger charge is -2.26. The normalized spacial score (nSPS) is 12.9. The number of carbonyl (C=O) groups excluding carboxylic acids is 2. The summed E-state index contributed by atoms with van der Waals surface area (Å²) in [4.78, 5) is 32.9. The van der Waals surface area contributed by atoms with E-state index in [0.29, 0.717) is 17.0 Å². The SMILES string of the molecule is [C-]#[N+]c1ccc2c(c1)nc(C[C@H](NC(=O)OC(C)(C)C)C(=O)OC(C)(C)C)n2C. The predicted octanol–water partition coefficient (Wildman–Crippen LogP) is 3.90. The average Bonchev–Trinajstić information content (AvgIpc) is 2.86. The smallest absolute Gasteiger partial charge is 0.408 e. The van der Waals surface area contributed by atoms with Crippen LogP contribution in [0.25, 0.3) is 15.9 Å². The van der Waals surface area contributed by atoms with E-state index in [0.717, 1.165) is 5.52 Å². The van der Waals surface area contributed by atoms with Gasteiger partial charge in [-0.1, -0.05) is 6.07 Å². The fourth-order valence-electron chi connectivity index (χ4n) is 2.69. The summed E-state index contributed by atoms with van der Waals surface area (Å²) in [7, 11) is 1.82. The molecule has 1 aromatic carbocycles. The molecule has 0 bridgehead atoms. The van der Waals surface area contributed by atoms with Gasteiger partial charge < -0.3 is 19.4 Å². The molecule has 1 aromatic heterocycles. The maximum absolute atomic E-state index is 12.7. The van der Waals surface area contributed by atoms with Gasteiger partial charge in [0.1, 0.15) is 23.1 Å². The molecule has 0 aliphatic carbocycles. The van der Waals surface area contributed by atoms with Crippen LogP contribution in [0.1, 0.15) is 47.4 Å². The molecule has 0 aliphatic heterocycles. The van der Waals surface area contributed by atoms with E-state index < -0.39 is 29.3 Å². The molecule has 156 valence electrons. The van der Waals surface area contributed by atoms with Gasteiger partial charge in [-0.2, -0.15) is 0 Å². The van der Waals surface area contributed by atoms with Crippen LogP contribution in [0.4, 0.5) is 10.5 Å². The second kappa shape index (κ2) is 8.11. The number of rotatable bonds is 4. The first kappa shape index (κ1) is 22.2. The van der Waals surface area contributed by atoms with Crippen LogP contribution in [-0.2, 0) is 27.7 Å². The Bertz CT molecular complexity index is 958. The van der Waals surface area contributed by atoms with E-state index in [1.807, 2.05) is 17.7 Å². The molecule has 0 spiro atoms. The molecule has 0 saturated carbocycles. The first-order chi connectivity index (χ1) is 13.3. The summed E-state index contributed by atoms with van der Waals surface area (Å²) in [6.45, 7) is 17.7. The molecular weight excluding hydrogens is 372 g/mol. The van der Waals surface area contributed by atoms with E-state index in [2.05, 4.69) is 15.1 Å². The number of hydrogen-bond donors (Lipinski definition) is 1. The molecule has 8 nitrogen and oxygen atoms in total. The van der Waals surface area contributed by atoms with Crippen LogP contribution in [0.5, 0.6) is 0 Å². The number of amides is 1. The van der Waals surface area contributed by atoms with Gasteiger partial charge in [0.15, 0.2) is 5.69 Å². The number of aromatic nitrogens is 2. The summed E-state index contributed by atoms with van der Waals surface area (Å²) in [6, 6.07) is 4.24. The van der Waals surface area contributed by atoms with E-state index in [1.165, 1.54) is 0 Å². The van der Waals surface area contributed by atoms with E-state index in [-0.39, 0.29) is 6.42 Å². The Balaban J connectivity index is 2.32. The van der Waals surface area contributed by atoms with Crippen molar-refractivity contribution in [2.75, 3.05) is 0 Å². The minimum Gasteiger partial charge on any atom is -0.458 e. The third kappa shape index (κ3) is 6.21. The molecule has 1 atom stereocenters. The minimum absolute atomic E-state index is 0.118. The molecule has 8 heteroatoms. The summed E-state index contributed by atoms with van der Waals surface area (Å²) in [5.74, 6) is 0.00584. The number of hydrogen-bond acceptors (Lipinski definition) is 5. The molecule has 2 aromatic rings. The first-order valence-corrected chi connectivity index (χ1v) is 9.34. The molecule has 1 amide bonds. The molecular formula is C21H28N4O4. The van der Waals surface area contributed by atoms with Crippen LogP contribution >= 0.6 is 0 Å². The number of nitrogens with zero attached hydrogens (tertiary/aromatic N) is 3. The lowest BCUT2D eigenvalue weighted by molar-refractivity contribution is -0.157. The lowest BCUT2D eigenvalue weighted by Crippen LogP contribution is -2.47. The van der Waals surface area contributed by atoms with Gasteiger partial charge >= 0.3 is 12.1 Å². The van der Waals surface area contributed by atoms with Crippen molar-refractivity contribution in [1.82, 2.24) is 14.9 Å². The van der Waals surface area contributed by atoms with Crippen LogP contribution in [0.2, 0.25) is 0 Å². The van der Waals surface area contributed by atoms with Crippen molar-refractivity contribution >= 4 is 28.8 Å². The van der Waals surface area contributed by atoms with Crippen molar-refractivity contribution in [3.8, 4) is 0 Å². The zero-order valence-electron chi connectivity index (χ0n) is 18.0. The number of benzene rings is 1. The molecule has 0 unspecified atom stereocenters. The first-order valence-electron chi connectivity index (χ1n) is 9.34. The molecule has 0 saturated heterocycles. The standard InChI is InChI=1S/C21H28N4O4/c1-20(2,3)28-18(26)15(24-19(27)29-21(4,5)6)12-17-23-14-11-13(22-7)9-10-16(14)25(17)8/h9-11,15H,12H2,1-6,8H3,(H,24,27)/t15-/m0/s1. The number of alkyl carbamates (subject to hydrolysis) is 1. The van der Waals surface area contributed by atoms with Crippen LogP contribution in [0.3, 0.4) is 0 Å². The molecule has 1 N–H and O–H groups in total. The summed E-state index contributed by atoms with van der Waals surface area (Å²) >= 11 is 0. The van der Waals surface area contributed by atoms with E-state index in [9.17, 15) is 9.59 Å². The van der Waals surface area contributed by atoms with Crippen molar-refractivity contribution in [2.45, 2.75) is 65.2 Å². The molecule has 2 rings (SSSR count). The van der Waals surface area contributed by atoms with Crippen LogP contribution in [0.15, 0.2) is 18.2 Å². The fourth-order valence-corrected chi connectivity index (χ4v) is 2.69. The Morgan fingerprint density at radius 3 is 2.34 bits per heavy atom. The summed E-state index contributed by atoms with van der Waals surface area (Å²) in [6.07, 6.45) is -0.588. The second-order valence-electron chi connectivity index (χ2n) is 8.81. The van der Waals surface area contributed by atoms with Crippen LogP contribution < -0.4 is 5.32 Å². The Hall–Kier alpha value is -3.08. The Morgan fingerprint density at radius 1 is 1.17 bits per heavy atom. The van der Waals surface area contributed by atoms with Crippen molar-refractivity contribution in [3.63, 3.8) is 0 Å². The quantitative estimate of drug-likeness (QED) is 0.621. The summed E-state index contributed by atoms with van der Waals surface area (Å²) in [5.41, 5.74) is 0.555. The number of imidazole rings is 1. The van der Waals surface area contributed by atoms with Gasteiger partial charge in [-0.25, -0.2) is 19.4 Å². The zero-order valence-corrected chi connectivity index (χ0v) is 18.0. The Kier molecular flexibility index (Phi) is 6.21. The third-order valence-corrected chi connectivity index (χ3v) is 3.86.